The highest BCUT2D eigenvalue weighted by atomic mass is 16.5. The van der Waals surface area contributed by atoms with E-state index in [1.165, 1.54) is 0 Å². The summed E-state index contributed by atoms with van der Waals surface area (Å²) in [6, 6.07) is 10.2. The monoisotopic (exact) mass is 508 g/mol. The van der Waals surface area contributed by atoms with E-state index in [2.05, 4.69) is 27.4 Å². The van der Waals surface area contributed by atoms with Gasteiger partial charge in [-0.3, -0.25) is 9.59 Å². The molecule has 2 aliphatic carbocycles. The van der Waals surface area contributed by atoms with Crippen LogP contribution in [0, 0.1) is 5.41 Å². The zero-order chi connectivity index (χ0) is 25.4. The summed E-state index contributed by atoms with van der Waals surface area (Å²) in [5, 5.41) is 3.32. The van der Waals surface area contributed by atoms with E-state index in [1.54, 1.807) is 6.20 Å². The average Bonchev–Trinajstić information content (AvgIpc) is 3.86. The first-order valence-corrected chi connectivity index (χ1v) is 13.6. The third-order valence-electron chi connectivity index (χ3n) is 8.62. The molecule has 1 N–H and O–H groups in total. The maximum Gasteiger partial charge on any atom is 0.238 e. The van der Waals surface area contributed by atoms with Gasteiger partial charge in [-0.25, -0.2) is 15.0 Å². The molecule has 3 aliphatic heterocycles. The minimum absolute atomic E-state index is 0.0848. The van der Waals surface area contributed by atoms with E-state index in [0.29, 0.717) is 30.8 Å². The molecule has 9 heteroatoms. The Morgan fingerprint density at radius 3 is 2.63 bits per heavy atom. The Hall–Kier alpha value is -4.01. The predicted molar refractivity (Wildman–Crippen MR) is 142 cm³/mol. The number of rotatable bonds is 5. The SMILES string of the molecule is O=C1CCCN1c1ccc(-c2cnc(Nc3cnc4c(c3)N3C(=O)C5(CC5)C[C@H]3CO4)nc2C2CC2)cc1. The summed E-state index contributed by atoms with van der Waals surface area (Å²) in [4.78, 5) is 43.1. The molecular formula is C29H28N6O3. The number of aromatic nitrogens is 3. The van der Waals surface area contributed by atoms with Crippen LogP contribution < -0.4 is 19.9 Å². The van der Waals surface area contributed by atoms with Gasteiger partial charge in [-0.2, -0.15) is 0 Å². The number of hydrogen-bond acceptors (Lipinski definition) is 7. The van der Waals surface area contributed by atoms with Crippen molar-refractivity contribution < 1.29 is 14.3 Å². The van der Waals surface area contributed by atoms with Crippen LogP contribution in [-0.4, -0.2) is 46.0 Å². The van der Waals surface area contributed by atoms with E-state index in [9.17, 15) is 9.59 Å². The fourth-order valence-corrected chi connectivity index (χ4v) is 6.24. The fraction of sp³-hybridized carbons (Fsp3) is 0.414. The number of benzene rings is 1. The van der Waals surface area contributed by atoms with Crippen molar-refractivity contribution in [3.8, 4) is 17.0 Å². The third kappa shape index (κ3) is 3.48. The van der Waals surface area contributed by atoms with Gasteiger partial charge in [0.2, 0.25) is 23.6 Å². The zero-order valence-electron chi connectivity index (χ0n) is 21.0. The molecule has 1 atom stereocenters. The largest absolute Gasteiger partial charge is 0.474 e. The molecule has 1 spiro atoms. The van der Waals surface area contributed by atoms with Crippen molar-refractivity contribution in [2.24, 2.45) is 5.41 Å². The van der Waals surface area contributed by atoms with Crippen LogP contribution in [0.2, 0.25) is 0 Å². The smallest absolute Gasteiger partial charge is 0.238 e. The molecule has 1 aromatic carbocycles. The summed E-state index contributed by atoms with van der Waals surface area (Å²) in [6.07, 6.45) is 10.2. The van der Waals surface area contributed by atoms with Crippen molar-refractivity contribution in [2.45, 2.75) is 56.9 Å². The molecule has 38 heavy (non-hydrogen) atoms. The van der Waals surface area contributed by atoms with Gasteiger partial charge in [0.05, 0.1) is 29.0 Å². The molecule has 8 rings (SSSR count). The van der Waals surface area contributed by atoms with Gasteiger partial charge in [-0.15, -0.1) is 0 Å². The Morgan fingerprint density at radius 2 is 1.89 bits per heavy atom. The first-order valence-electron chi connectivity index (χ1n) is 13.6. The molecule has 2 saturated heterocycles. The summed E-state index contributed by atoms with van der Waals surface area (Å²) in [5.41, 5.74) is 5.34. The first kappa shape index (κ1) is 22.0. The summed E-state index contributed by atoms with van der Waals surface area (Å²) >= 11 is 0. The number of nitrogens with zero attached hydrogens (tertiary/aromatic N) is 5. The van der Waals surface area contributed by atoms with Crippen LogP contribution in [0.1, 0.15) is 56.6 Å². The third-order valence-corrected chi connectivity index (χ3v) is 8.62. The van der Waals surface area contributed by atoms with Crippen LogP contribution in [0.15, 0.2) is 42.7 Å². The number of hydrogen-bond donors (Lipinski definition) is 1. The molecule has 2 amide bonds. The lowest BCUT2D eigenvalue weighted by molar-refractivity contribution is -0.121. The Morgan fingerprint density at radius 1 is 1.05 bits per heavy atom. The van der Waals surface area contributed by atoms with Crippen molar-refractivity contribution >= 4 is 34.8 Å². The van der Waals surface area contributed by atoms with Crippen molar-refractivity contribution in [1.82, 2.24) is 15.0 Å². The molecule has 2 saturated carbocycles. The van der Waals surface area contributed by atoms with Gasteiger partial charge < -0.3 is 19.9 Å². The topological polar surface area (TPSA) is 101 Å². The standard InChI is InChI=1S/C29H28N6O3/c36-24-2-1-11-34(24)20-7-5-17(6-8-20)22-15-31-28(33-25(22)18-3-4-18)32-19-12-23-26(30-14-19)38-16-21-13-29(9-10-29)27(37)35(21)23/h5-8,12,14-15,18,21H,1-4,9-11,13,16H2,(H,31,32,33)/t21-/m0/s1. The Kier molecular flexibility index (Phi) is 4.63. The maximum atomic E-state index is 13.1. The summed E-state index contributed by atoms with van der Waals surface area (Å²) in [5.74, 6) is 1.84. The summed E-state index contributed by atoms with van der Waals surface area (Å²) in [6.45, 7) is 1.29. The highest BCUT2D eigenvalue weighted by molar-refractivity contribution is 6.04. The molecule has 9 nitrogen and oxygen atoms in total. The number of carbonyl (C=O) groups excluding carboxylic acids is 2. The van der Waals surface area contributed by atoms with E-state index in [-0.39, 0.29) is 23.3 Å². The summed E-state index contributed by atoms with van der Waals surface area (Å²) < 4.78 is 5.90. The number of nitrogens with one attached hydrogen (secondary N) is 1. The van der Waals surface area contributed by atoms with Crippen molar-refractivity contribution in [3.05, 3.63) is 48.4 Å². The van der Waals surface area contributed by atoms with Crippen LogP contribution in [0.3, 0.4) is 0 Å². The molecule has 0 bridgehead atoms. The minimum Gasteiger partial charge on any atom is -0.474 e. The molecular weight excluding hydrogens is 480 g/mol. The fourth-order valence-electron chi connectivity index (χ4n) is 6.24. The van der Waals surface area contributed by atoms with Crippen molar-refractivity contribution in [1.29, 1.82) is 0 Å². The number of pyridine rings is 1. The van der Waals surface area contributed by atoms with Crippen LogP contribution >= 0.6 is 0 Å². The van der Waals surface area contributed by atoms with Gasteiger partial charge >= 0.3 is 0 Å². The van der Waals surface area contributed by atoms with Gasteiger partial charge in [0.1, 0.15) is 12.3 Å². The highest BCUT2D eigenvalue weighted by Crippen LogP contribution is 2.58. The van der Waals surface area contributed by atoms with Gasteiger partial charge in [-0.1, -0.05) is 12.1 Å². The molecule has 5 heterocycles. The minimum atomic E-state index is -0.167. The lowest BCUT2D eigenvalue weighted by Crippen LogP contribution is -2.41. The van der Waals surface area contributed by atoms with E-state index >= 15 is 0 Å². The molecule has 3 aromatic rings. The van der Waals surface area contributed by atoms with Gasteiger partial charge in [0.25, 0.3) is 0 Å². The van der Waals surface area contributed by atoms with E-state index < -0.39 is 0 Å². The van der Waals surface area contributed by atoms with E-state index in [1.807, 2.05) is 34.2 Å². The number of carbonyl (C=O) groups is 2. The van der Waals surface area contributed by atoms with Gasteiger partial charge in [-0.05, 0) is 62.3 Å². The Bertz CT molecular complexity index is 1480. The number of amides is 2. The zero-order valence-corrected chi connectivity index (χ0v) is 21.0. The number of ether oxygens (including phenoxy) is 1. The average molecular weight is 509 g/mol. The van der Waals surface area contributed by atoms with Gasteiger partial charge in [0.15, 0.2) is 0 Å². The lowest BCUT2D eigenvalue weighted by Gasteiger charge is -2.31. The first-order chi connectivity index (χ1) is 18.6. The second kappa shape index (κ2) is 7.99. The molecule has 4 fully saturated rings. The highest BCUT2D eigenvalue weighted by Gasteiger charge is 2.61. The van der Waals surface area contributed by atoms with Crippen LogP contribution in [0.25, 0.3) is 11.1 Å². The molecule has 0 radical (unpaired) electrons. The predicted octanol–water partition coefficient (Wildman–Crippen LogP) is 4.56. The van der Waals surface area contributed by atoms with E-state index in [0.717, 1.165) is 79.0 Å². The quantitative estimate of drug-likeness (QED) is 0.539. The van der Waals surface area contributed by atoms with E-state index in [4.69, 9.17) is 9.72 Å². The number of fused-ring (bicyclic) bond motifs is 3. The van der Waals surface area contributed by atoms with Crippen molar-refractivity contribution in [3.63, 3.8) is 0 Å². The normalized spacial score (nSPS) is 22.9. The molecule has 192 valence electrons. The summed E-state index contributed by atoms with van der Waals surface area (Å²) in [7, 11) is 0. The van der Waals surface area contributed by atoms with Crippen LogP contribution in [0.5, 0.6) is 5.88 Å². The lowest BCUT2D eigenvalue weighted by atomic mass is 10.0. The number of anilines is 4. The van der Waals surface area contributed by atoms with Crippen LogP contribution in [-0.2, 0) is 9.59 Å². The maximum absolute atomic E-state index is 13.1. The van der Waals surface area contributed by atoms with Gasteiger partial charge in [0, 0.05) is 36.3 Å². The second-order valence-electron chi connectivity index (χ2n) is 11.3. The Labute approximate surface area is 220 Å². The molecule has 5 aliphatic rings. The molecule has 2 aromatic heterocycles. The molecule has 0 unspecified atom stereocenters. The van der Waals surface area contributed by atoms with Crippen molar-refractivity contribution in [2.75, 3.05) is 28.3 Å². The second-order valence-corrected chi connectivity index (χ2v) is 11.3. The Balaban J connectivity index is 1.07. The van der Waals surface area contributed by atoms with Crippen LogP contribution in [0.4, 0.5) is 23.0 Å².